The van der Waals surface area contributed by atoms with Crippen LogP contribution in [-0.4, -0.2) is 14.8 Å². The molecule has 4 nitrogen and oxygen atoms in total. The highest BCUT2D eigenvalue weighted by Gasteiger charge is 2.14. The first kappa shape index (κ1) is 15.6. The zero-order chi connectivity index (χ0) is 16.9. The summed E-state index contributed by atoms with van der Waals surface area (Å²) in [7, 11) is -0.739. The van der Waals surface area contributed by atoms with Gasteiger partial charge < -0.3 is 5.09 Å². The van der Waals surface area contributed by atoms with E-state index >= 15 is 0 Å². The quantitative estimate of drug-likeness (QED) is 0.561. The first-order valence-electron chi connectivity index (χ1n) is 8.04. The second-order valence-electron chi connectivity index (χ2n) is 5.45. The fourth-order valence-corrected chi connectivity index (χ4v) is 4.41. The Hall–Kier alpha value is -2.97. The molecule has 5 heteroatoms. The summed E-state index contributed by atoms with van der Waals surface area (Å²) >= 11 is 0. The number of rotatable bonds is 5. The lowest BCUT2D eigenvalue weighted by Crippen LogP contribution is -2.17. The standard InChI is InChI=1S/C20H17N4P/c1-3-9-17(10-4-1)25(18-11-5-2-6-12-18)23-19-13-7-14-20(22-19)24-16-8-15-21-24/h1-16H,(H,22,23). The molecule has 122 valence electrons. The van der Waals surface area contributed by atoms with E-state index in [1.165, 1.54) is 10.6 Å². The maximum absolute atomic E-state index is 4.71. The molecule has 4 aromatic rings. The van der Waals surface area contributed by atoms with Crippen LogP contribution in [0, 0.1) is 0 Å². The normalized spacial score (nSPS) is 10.8. The van der Waals surface area contributed by atoms with Gasteiger partial charge in [-0.3, -0.25) is 0 Å². The summed E-state index contributed by atoms with van der Waals surface area (Å²) in [6, 6.07) is 28.8. The molecule has 0 fully saturated rings. The van der Waals surface area contributed by atoms with E-state index in [1.807, 2.05) is 42.6 Å². The molecular weight excluding hydrogens is 327 g/mol. The molecule has 0 aliphatic rings. The Bertz CT molecular complexity index is 885. The van der Waals surface area contributed by atoms with E-state index in [2.05, 4.69) is 58.7 Å². The van der Waals surface area contributed by atoms with Crippen molar-refractivity contribution in [2.24, 2.45) is 0 Å². The van der Waals surface area contributed by atoms with Gasteiger partial charge in [0, 0.05) is 23.0 Å². The molecule has 0 amide bonds. The first-order chi connectivity index (χ1) is 12.4. The van der Waals surface area contributed by atoms with Crippen molar-refractivity contribution in [2.45, 2.75) is 0 Å². The second-order valence-corrected chi connectivity index (χ2v) is 7.38. The third-order valence-corrected chi connectivity index (χ3v) is 5.81. The van der Waals surface area contributed by atoms with Gasteiger partial charge in [-0.2, -0.15) is 5.10 Å². The molecule has 2 heterocycles. The van der Waals surface area contributed by atoms with E-state index in [1.54, 1.807) is 10.9 Å². The van der Waals surface area contributed by atoms with Crippen LogP contribution in [0.2, 0.25) is 0 Å². The molecule has 2 aromatic carbocycles. The number of anilines is 1. The summed E-state index contributed by atoms with van der Waals surface area (Å²) in [5.41, 5.74) is 0. The van der Waals surface area contributed by atoms with E-state index in [0.29, 0.717) is 0 Å². The fraction of sp³-hybridized carbons (Fsp3) is 0. The largest absolute Gasteiger partial charge is 0.342 e. The van der Waals surface area contributed by atoms with E-state index in [-0.39, 0.29) is 0 Å². The minimum absolute atomic E-state index is 0.739. The molecule has 0 saturated carbocycles. The van der Waals surface area contributed by atoms with Crippen LogP contribution in [-0.2, 0) is 0 Å². The fourth-order valence-electron chi connectivity index (χ4n) is 2.56. The highest BCUT2D eigenvalue weighted by atomic mass is 31.1. The lowest BCUT2D eigenvalue weighted by Gasteiger charge is -2.20. The molecular formula is C20H17N4P. The van der Waals surface area contributed by atoms with Crippen LogP contribution < -0.4 is 15.7 Å². The van der Waals surface area contributed by atoms with Crippen molar-refractivity contribution in [1.29, 1.82) is 0 Å². The van der Waals surface area contributed by atoms with Gasteiger partial charge in [-0.25, -0.2) is 9.67 Å². The Morgan fingerprint density at radius 1 is 0.720 bits per heavy atom. The van der Waals surface area contributed by atoms with Gasteiger partial charge >= 0.3 is 0 Å². The molecule has 0 aliphatic heterocycles. The summed E-state index contributed by atoms with van der Waals surface area (Å²) < 4.78 is 1.76. The topological polar surface area (TPSA) is 42.7 Å². The summed E-state index contributed by atoms with van der Waals surface area (Å²) in [5.74, 6) is 1.64. The molecule has 0 bridgehead atoms. The molecule has 0 unspecified atom stereocenters. The van der Waals surface area contributed by atoms with Crippen LogP contribution in [0.3, 0.4) is 0 Å². The number of nitrogens with zero attached hydrogens (tertiary/aromatic N) is 3. The minimum Gasteiger partial charge on any atom is -0.342 e. The maximum Gasteiger partial charge on any atom is 0.155 e. The van der Waals surface area contributed by atoms with Gasteiger partial charge in [-0.05, 0) is 18.2 Å². The van der Waals surface area contributed by atoms with Gasteiger partial charge in [-0.1, -0.05) is 66.7 Å². The Morgan fingerprint density at radius 3 is 2.00 bits per heavy atom. The highest BCUT2D eigenvalue weighted by Crippen LogP contribution is 2.33. The monoisotopic (exact) mass is 344 g/mol. The van der Waals surface area contributed by atoms with E-state index in [0.717, 1.165) is 11.6 Å². The van der Waals surface area contributed by atoms with Gasteiger partial charge in [0.2, 0.25) is 0 Å². The van der Waals surface area contributed by atoms with Crippen LogP contribution >= 0.6 is 8.07 Å². The number of nitrogens with one attached hydrogen (secondary N) is 1. The molecule has 0 aliphatic carbocycles. The van der Waals surface area contributed by atoms with Crippen molar-refractivity contribution in [1.82, 2.24) is 14.8 Å². The Balaban J connectivity index is 1.69. The van der Waals surface area contributed by atoms with Crippen molar-refractivity contribution in [3.8, 4) is 5.82 Å². The predicted octanol–water partition coefficient (Wildman–Crippen LogP) is 3.73. The van der Waals surface area contributed by atoms with Gasteiger partial charge in [0.15, 0.2) is 5.82 Å². The van der Waals surface area contributed by atoms with Gasteiger partial charge in [0.05, 0.1) is 8.07 Å². The van der Waals surface area contributed by atoms with Crippen molar-refractivity contribution < 1.29 is 0 Å². The average molecular weight is 344 g/mol. The summed E-state index contributed by atoms with van der Waals surface area (Å²) in [6.45, 7) is 0. The lowest BCUT2D eigenvalue weighted by molar-refractivity contribution is 0.849. The predicted molar refractivity (Wildman–Crippen MR) is 104 cm³/mol. The molecule has 0 spiro atoms. The molecule has 0 radical (unpaired) electrons. The Morgan fingerprint density at radius 2 is 1.40 bits per heavy atom. The van der Waals surface area contributed by atoms with Gasteiger partial charge in [-0.15, -0.1) is 0 Å². The number of pyridine rings is 1. The van der Waals surface area contributed by atoms with Gasteiger partial charge in [0.25, 0.3) is 0 Å². The minimum atomic E-state index is -0.739. The van der Waals surface area contributed by atoms with E-state index in [4.69, 9.17) is 4.98 Å². The maximum atomic E-state index is 4.71. The van der Waals surface area contributed by atoms with Gasteiger partial charge in [0.1, 0.15) is 5.82 Å². The summed E-state index contributed by atoms with van der Waals surface area (Å²) in [4.78, 5) is 4.71. The van der Waals surface area contributed by atoms with Crippen LogP contribution in [0.4, 0.5) is 5.82 Å². The van der Waals surface area contributed by atoms with Crippen molar-refractivity contribution in [3.63, 3.8) is 0 Å². The van der Waals surface area contributed by atoms with Crippen LogP contribution in [0.15, 0.2) is 97.3 Å². The van der Waals surface area contributed by atoms with Crippen LogP contribution in [0.5, 0.6) is 0 Å². The third-order valence-electron chi connectivity index (χ3n) is 3.73. The molecule has 0 saturated heterocycles. The highest BCUT2D eigenvalue weighted by molar-refractivity contribution is 7.74. The molecule has 4 rings (SSSR count). The zero-order valence-electron chi connectivity index (χ0n) is 13.5. The summed E-state index contributed by atoms with van der Waals surface area (Å²) in [5, 5.41) is 10.4. The first-order valence-corrected chi connectivity index (χ1v) is 9.38. The number of hydrogen-bond acceptors (Lipinski definition) is 3. The summed E-state index contributed by atoms with van der Waals surface area (Å²) in [6.07, 6.45) is 3.64. The third kappa shape index (κ3) is 3.59. The number of hydrogen-bond donors (Lipinski definition) is 1. The Kier molecular flexibility index (Phi) is 4.53. The average Bonchev–Trinajstić information content (AvgIpc) is 3.23. The number of aromatic nitrogens is 3. The van der Waals surface area contributed by atoms with E-state index < -0.39 is 8.07 Å². The second kappa shape index (κ2) is 7.29. The molecule has 2 aromatic heterocycles. The molecule has 0 atom stereocenters. The molecule has 1 N–H and O–H groups in total. The van der Waals surface area contributed by atoms with Crippen molar-refractivity contribution >= 4 is 24.5 Å². The lowest BCUT2D eigenvalue weighted by atomic mass is 10.4. The van der Waals surface area contributed by atoms with Crippen LogP contribution in [0.25, 0.3) is 5.82 Å². The van der Waals surface area contributed by atoms with Crippen LogP contribution in [0.1, 0.15) is 0 Å². The van der Waals surface area contributed by atoms with Crippen molar-refractivity contribution in [3.05, 3.63) is 97.3 Å². The number of benzene rings is 2. The Labute approximate surface area is 148 Å². The van der Waals surface area contributed by atoms with Crippen molar-refractivity contribution in [2.75, 3.05) is 5.09 Å². The smallest absolute Gasteiger partial charge is 0.155 e. The zero-order valence-corrected chi connectivity index (χ0v) is 14.4. The van der Waals surface area contributed by atoms with E-state index in [9.17, 15) is 0 Å². The molecule has 25 heavy (non-hydrogen) atoms. The SMILES string of the molecule is c1ccc(P(Nc2cccc(-n3cccn3)n2)c2ccccc2)cc1.